The predicted octanol–water partition coefficient (Wildman–Crippen LogP) is 2.33. The van der Waals surface area contributed by atoms with Gasteiger partial charge in [-0.2, -0.15) is 0 Å². The van der Waals surface area contributed by atoms with Gasteiger partial charge >= 0.3 is 0 Å². The molecule has 4 nitrogen and oxygen atoms in total. The summed E-state index contributed by atoms with van der Waals surface area (Å²) >= 11 is 7.23. The third-order valence-corrected chi connectivity index (χ3v) is 6.20. The minimum Gasteiger partial charge on any atom is -0.386 e. The van der Waals surface area contributed by atoms with Crippen LogP contribution in [-0.4, -0.2) is 30.6 Å². The Morgan fingerprint density at radius 2 is 2.43 bits per heavy atom. The Balaban J connectivity index is 1.61. The topological polar surface area (TPSA) is 61.4 Å². The largest absolute Gasteiger partial charge is 0.386 e. The summed E-state index contributed by atoms with van der Waals surface area (Å²) < 4.78 is 0.654. The molecule has 3 atom stereocenters. The van der Waals surface area contributed by atoms with Gasteiger partial charge in [-0.3, -0.25) is 4.79 Å². The van der Waals surface area contributed by atoms with Gasteiger partial charge in [-0.25, -0.2) is 0 Å². The Hall–Kier alpha value is -0.620. The fourth-order valence-corrected chi connectivity index (χ4v) is 4.71. The molecule has 2 heterocycles. The minimum atomic E-state index is -0.681. The number of carbonyl (C=O) groups is 1. The van der Waals surface area contributed by atoms with E-state index in [-0.39, 0.29) is 17.9 Å². The van der Waals surface area contributed by atoms with E-state index >= 15 is 0 Å². The first-order valence-corrected chi connectivity index (χ1v) is 8.73. The Kier molecular flexibility index (Phi) is 4.54. The molecule has 1 aliphatic carbocycles. The average molecular weight is 329 g/mol. The average Bonchev–Trinajstić information content (AvgIpc) is 3.11. The maximum atomic E-state index is 12.7. The molecule has 0 aromatic carbocycles. The van der Waals surface area contributed by atoms with E-state index in [0.29, 0.717) is 10.3 Å². The van der Waals surface area contributed by atoms with E-state index in [1.165, 1.54) is 17.8 Å². The highest BCUT2D eigenvalue weighted by Crippen LogP contribution is 2.43. The number of fused-ring (bicyclic) bond motifs is 1. The standard InChI is InChI=1S/C15H21ClN2O2S/c16-13-5-4-12(21-13)11(19)8-18-14(20)15-6-2-1-3-10(15)7-17-9-15/h4-5,10-11,17,19H,1-3,6-9H2,(H,18,20)/t10-,11?,15+/m0/s1. The number of hydrogen-bond donors (Lipinski definition) is 3. The molecule has 0 radical (unpaired) electrons. The third-order valence-electron chi connectivity index (χ3n) is 4.87. The first kappa shape index (κ1) is 15.3. The van der Waals surface area contributed by atoms with Crippen molar-refractivity contribution in [3.63, 3.8) is 0 Å². The number of hydrogen-bond acceptors (Lipinski definition) is 4. The molecule has 1 aliphatic heterocycles. The van der Waals surface area contributed by atoms with Crippen molar-refractivity contribution in [3.8, 4) is 0 Å². The lowest BCUT2D eigenvalue weighted by atomic mass is 9.67. The minimum absolute atomic E-state index is 0.0962. The van der Waals surface area contributed by atoms with Gasteiger partial charge in [0.2, 0.25) is 5.91 Å². The molecule has 3 rings (SSSR count). The summed E-state index contributed by atoms with van der Waals surface area (Å²) in [4.78, 5) is 13.5. The van der Waals surface area contributed by atoms with E-state index < -0.39 is 6.10 Å². The maximum absolute atomic E-state index is 12.7. The summed E-state index contributed by atoms with van der Waals surface area (Å²) in [7, 11) is 0. The Bertz CT molecular complexity index is 522. The molecule has 1 unspecified atom stereocenters. The smallest absolute Gasteiger partial charge is 0.227 e. The number of aliphatic hydroxyl groups is 1. The lowest BCUT2D eigenvalue weighted by molar-refractivity contribution is -0.134. The maximum Gasteiger partial charge on any atom is 0.227 e. The zero-order valence-electron chi connectivity index (χ0n) is 11.9. The highest BCUT2D eigenvalue weighted by Gasteiger charge is 2.49. The number of nitrogens with one attached hydrogen (secondary N) is 2. The first-order chi connectivity index (χ1) is 10.1. The zero-order chi connectivity index (χ0) is 14.9. The molecule has 0 bridgehead atoms. The van der Waals surface area contributed by atoms with Crippen LogP contribution in [0.2, 0.25) is 4.34 Å². The van der Waals surface area contributed by atoms with Crippen molar-refractivity contribution in [1.82, 2.24) is 10.6 Å². The zero-order valence-corrected chi connectivity index (χ0v) is 13.5. The number of rotatable bonds is 4. The molecule has 21 heavy (non-hydrogen) atoms. The lowest BCUT2D eigenvalue weighted by Gasteiger charge is -2.37. The van der Waals surface area contributed by atoms with Crippen LogP contribution in [0.4, 0.5) is 0 Å². The molecule has 1 aromatic heterocycles. The van der Waals surface area contributed by atoms with Crippen molar-refractivity contribution >= 4 is 28.8 Å². The fourth-order valence-electron chi connectivity index (χ4n) is 3.66. The van der Waals surface area contributed by atoms with Crippen molar-refractivity contribution in [2.75, 3.05) is 19.6 Å². The molecule has 1 saturated heterocycles. The number of thiophene rings is 1. The van der Waals surface area contributed by atoms with Crippen LogP contribution in [0.15, 0.2) is 12.1 Å². The van der Waals surface area contributed by atoms with Crippen LogP contribution < -0.4 is 10.6 Å². The van der Waals surface area contributed by atoms with Crippen LogP contribution in [-0.2, 0) is 4.79 Å². The molecule has 6 heteroatoms. The van der Waals surface area contributed by atoms with E-state index in [1.54, 1.807) is 6.07 Å². The normalized spacial score (nSPS) is 29.9. The van der Waals surface area contributed by atoms with Gasteiger partial charge in [0.1, 0.15) is 6.10 Å². The number of carbonyl (C=O) groups excluding carboxylic acids is 1. The Morgan fingerprint density at radius 3 is 3.19 bits per heavy atom. The van der Waals surface area contributed by atoms with Gasteiger partial charge in [-0.1, -0.05) is 24.4 Å². The summed E-state index contributed by atoms with van der Waals surface area (Å²) in [6.07, 6.45) is 3.74. The van der Waals surface area contributed by atoms with Crippen molar-refractivity contribution in [2.24, 2.45) is 11.3 Å². The second-order valence-electron chi connectivity index (χ2n) is 6.10. The van der Waals surface area contributed by atoms with Crippen LogP contribution in [0.1, 0.15) is 36.7 Å². The van der Waals surface area contributed by atoms with Gasteiger partial charge < -0.3 is 15.7 Å². The van der Waals surface area contributed by atoms with Crippen molar-refractivity contribution in [1.29, 1.82) is 0 Å². The summed E-state index contributed by atoms with van der Waals surface area (Å²) in [5.74, 6) is 0.540. The van der Waals surface area contributed by atoms with Crippen LogP contribution in [0, 0.1) is 11.3 Å². The van der Waals surface area contributed by atoms with Gasteiger partial charge in [0, 0.05) is 18.0 Å². The second-order valence-corrected chi connectivity index (χ2v) is 7.84. The molecule has 3 N–H and O–H groups in total. The van der Waals surface area contributed by atoms with E-state index in [4.69, 9.17) is 11.6 Å². The van der Waals surface area contributed by atoms with Gasteiger partial charge in [0.05, 0.1) is 9.75 Å². The summed E-state index contributed by atoms with van der Waals surface area (Å²) in [6.45, 7) is 1.96. The fraction of sp³-hybridized carbons (Fsp3) is 0.667. The van der Waals surface area contributed by atoms with Crippen LogP contribution in [0.3, 0.4) is 0 Å². The number of amides is 1. The molecule has 1 aromatic rings. The van der Waals surface area contributed by atoms with Gasteiger partial charge in [-0.15, -0.1) is 11.3 Å². The predicted molar refractivity (Wildman–Crippen MR) is 84.6 cm³/mol. The van der Waals surface area contributed by atoms with Crippen LogP contribution >= 0.6 is 22.9 Å². The SMILES string of the molecule is O=C(NCC(O)c1ccc(Cl)s1)[C@@]12CCCC[C@H]1CNC2. The van der Waals surface area contributed by atoms with Gasteiger partial charge in [-0.05, 0) is 37.4 Å². The molecular weight excluding hydrogens is 308 g/mol. The van der Waals surface area contributed by atoms with E-state index in [0.717, 1.165) is 37.2 Å². The number of aliphatic hydroxyl groups excluding tert-OH is 1. The Morgan fingerprint density at radius 1 is 1.57 bits per heavy atom. The molecule has 2 fully saturated rings. The molecule has 2 aliphatic rings. The highest BCUT2D eigenvalue weighted by atomic mass is 35.5. The molecule has 0 spiro atoms. The van der Waals surface area contributed by atoms with E-state index in [1.807, 2.05) is 6.07 Å². The van der Waals surface area contributed by atoms with Gasteiger partial charge in [0.15, 0.2) is 0 Å². The van der Waals surface area contributed by atoms with Gasteiger partial charge in [0.25, 0.3) is 0 Å². The quantitative estimate of drug-likeness (QED) is 0.795. The third kappa shape index (κ3) is 2.97. The molecular formula is C15H21ClN2O2S. The first-order valence-electron chi connectivity index (χ1n) is 7.54. The van der Waals surface area contributed by atoms with E-state index in [9.17, 15) is 9.90 Å². The lowest BCUT2D eigenvalue weighted by Crippen LogP contribution is -2.48. The van der Waals surface area contributed by atoms with Crippen molar-refractivity contribution in [2.45, 2.75) is 31.8 Å². The monoisotopic (exact) mass is 328 g/mol. The van der Waals surface area contributed by atoms with Crippen LogP contribution in [0.5, 0.6) is 0 Å². The summed E-state index contributed by atoms with van der Waals surface area (Å²) in [5.41, 5.74) is -0.259. The summed E-state index contributed by atoms with van der Waals surface area (Å²) in [5, 5.41) is 16.5. The van der Waals surface area contributed by atoms with Crippen LogP contribution in [0.25, 0.3) is 0 Å². The van der Waals surface area contributed by atoms with Crippen molar-refractivity contribution in [3.05, 3.63) is 21.3 Å². The highest BCUT2D eigenvalue weighted by molar-refractivity contribution is 7.16. The number of halogens is 1. The second kappa shape index (κ2) is 6.24. The Labute approximate surface area is 133 Å². The van der Waals surface area contributed by atoms with Crippen molar-refractivity contribution < 1.29 is 9.90 Å². The molecule has 1 saturated carbocycles. The molecule has 1 amide bonds. The molecule has 116 valence electrons. The van der Waals surface area contributed by atoms with E-state index in [2.05, 4.69) is 10.6 Å². The summed E-state index contributed by atoms with van der Waals surface area (Å²) in [6, 6.07) is 3.58.